The molecule has 2 aromatic rings. The predicted molar refractivity (Wildman–Crippen MR) is 110 cm³/mol. The average Bonchev–Trinajstić information content (AvgIpc) is 2.67. The highest BCUT2D eigenvalue weighted by Gasteiger charge is 2.30. The Morgan fingerprint density at radius 1 is 0.893 bits per heavy atom. The number of sulfonamides is 1. The van der Waals surface area contributed by atoms with E-state index in [4.69, 9.17) is 0 Å². The number of rotatable bonds is 6. The van der Waals surface area contributed by atoms with E-state index in [9.17, 15) is 16.8 Å². The number of benzene rings is 2. The van der Waals surface area contributed by atoms with E-state index < -0.39 is 19.9 Å². The van der Waals surface area contributed by atoms with Crippen molar-refractivity contribution in [1.29, 1.82) is 0 Å². The third kappa shape index (κ3) is 4.81. The Hall–Kier alpha value is -1.74. The van der Waals surface area contributed by atoms with Gasteiger partial charge in [0.15, 0.2) is 9.84 Å². The number of nitrogens with zero attached hydrogens (tertiary/aromatic N) is 2. The molecular weight excluding hydrogens is 396 g/mol. The van der Waals surface area contributed by atoms with Crippen molar-refractivity contribution in [3.05, 3.63) is 59.7 Å². The minimum absolute atomic E-state index is 0.0261. The Balaban J connectivity index is 1.68. The maximum Gasteiger partial charge on any atom is 0.243 e. The summed E-state index contributed by atoms with van der Waals surface area (Å²) >= 11 is 0. The van der Waals surface area contributed by atoms with E-state index in [0.717, 1.165) is 19.2 Å². The Labute approximate surface area is 167 Å². The van der Waals surface area contributed by atoms with Gasteiger partial charge in [-0.1, -0.05) is 36.4 Å². The van der Waals surface area contributed by atoms with E-state index >= 15 is 0 Å². The first-order valence-electron chi connectivity index (χ1n) is 9.25. The highest BCUT2D eigenvalue weighted by molar-refractivity contribution is 7.91. The maximum absolute atomic E-state index is 13.1. The van der Waals surface area contributed by atoms with Gasteiger partial charge in [-0.3, -0.25) is 0 Å². The molecule has 0 atom stereocenters. The maximum atomic E-state index is 13.1. The Kier molecular flexibility index (Phi) is 6.24. The number of hydrogen-bond acceptors (Lipinski definition) is 5. The van der Waals surface area contributed by atoms with Crippen LogP contribution in [-0.2, 0) is 26.3 Å². The van der Waals surface area contributed by atoms with Crippen LogP contribution >= 0.6 is 0 Å². The minimum Gasteiger partial charge on any atom is -0.300 e. The molecule has 152 valence electrons. The van der Waals surface area contributed by atoms with E-state index in [-0.39, 0.29) is 9.79 Å². The first-order valence-corrected chi connectivity index (χ1v) is 12.6. The molecule has 0 unspecified atom stereocenters. The molecule has 0 amide bonds. The van der Waals surface area contributed by atoms with Crippen molar-refractivity contribution in [2.24, 2.45) is 0 Å². The Morgan fingerprint density at radius 2 is 1.54 bits per heavy atom. The first kappa shape index (κ1) is 21.0. The Bertz CT molecular complexity index is 1030. The van der Waals surface area contributed by atoms with Crippen LogP contribution in [0.3, 0.4) is 0 Å². The largest absolute Gasteiger partial charge is 0.300 e. The van der Waals surface area contributed by atoms with Crippen molar-refractivity contribution >= 4 is 19.9 Å². The van der Waals surface area contributed by atoms with Crippen LogP contribution in [-0.4, -0.2) is 65.0 Å². The summed E-state index contributed by atoms with van der Waals surface area (Å²) in [4.78, 5) is 2.37. The quantitative estimate of drug-likeness (QED) is 0.711. The van der Waals surface area contributed by atoms with Crippen molar-refractivity contribution in [2.75, 3.05) is 39.0 Å². The molecule has 0 aromatic heterocycles. The molecule has 1 aliphatic heterocycles. The van der Waals surface area contributed by atoms with Crippen LogP contribution in [0.1, 0.15) is 11.1 Å². The lowest BCUT2D eigenvalue weighted by Gasteiger charge is -2.34. The molecule has 1 saturated heterocycles. The van der Waals surface area contributed by atoms with Crippen molar-refractivity contribution in [3.8, 4) is 0 Å². The van der Waals surface area contributed by atoms with E-state index in [1.165, 1.54) is 22.0 Å². The highest BCUT2D eigenvalue weighted by atomic mass is 32.2. The summed E-state index contributed by atoms with van der Waals surface area (Å²) in [5.74, 6) is 0. The molecule has 3 rings (SSSR count). The van der Waals surface area contributed by atoms with Gasteiger partial charge in [0.05, 0.1) is 9.79 Å². The predicted octanol–water partition coefficient (Wildman–Crippen LogP) is 1.95. The van der Waals surface area contributed by atoms with Crippen molar-refractivity contribution in [2.45, 2.75) is 23.1 Å². The molecule has 0 radical (unpaired) electrons. The zero-order valence-electron chi connectivity index (χ0n) is 16.2. The van der Waals surface area contributed by atoms with Crippen molar-refractivity contribution in [1.82, 2.24) is 9.21 Å². The Morgan fingerprint density at radius 3 is 2.14 bits per heavy atom. The third-order valence-corrected chi connectivity index (χ3v) is 8.25. The topological polar surface area (TPSA) is 74.8 Å². The molecule has 6 nitrogen and oxygen atoms in total. The first-order chi connectivity index (χ1) is 13.2. The second-order valence-electron chi connectivity index (χ2n) is 7.18. The smallest absolute Gasteiger partial charge is 0.243 e. The molecule has 0 spiro atoms. The van der Waals surface area contributed by atoms with Crippen LogP contribution in [0.2, 0.25) is 0 Å². The van der Waals surface area contributed by atoms with Crippen LogP contribution in [0.4, 0.5) is 0 Å². The molecule has 0 bridgehead atoms. The summed E-state index contributed by atoms with van der Waals surface area (Å²) < 4.78 is 51.3. The standard InChI is InChI=1S/C20H26N2O4S2/c1-17-8-9-19(27(2,23)24)16-20(17)28(25,26)22-14-12-21(13-15-22)11-10-18-6-4-3-5-7-18/h3-9,16H,10-15H2,1-2H3. The van der Waals surface area contributed by atoms with Crippen LogP contribution in [0.5, 0.6) is 0 Å². The zero-order valence-corrected chi connectivity index (χ0v) is 17.8. The monoisotopic (exact) mass is 422 g/mol. The van der Waals surface area contributed by atoms with E-state index in [0.29, 0.717) is 31.7 Å². The van der Waals surface area contributed by atoms with Crippen LogP contribution in [0, 0.1) is 6.92 Å². The van der Waals surface area contributed by atoms with Crippen molar-refractivity contribution < 1.29 is 16.8 Å². The third-order valence-electron chi connectivity index (χ3n) is 5.10. The van der Waals surface area contributed by atoms with E-state index in [1.807, 2.05) is 18.2 Å². The molecule has 1 fully saturated rings. The summed E-state index contributed by atoms with van der Waals surface area (Å²) in [5.41, 5.74) is 1.82. The number of hydrogen-bond donors (Lipinski definition) is 0. The molecule has 8 heteroatoms. The molecule has 0 N–H and O–H groups in total. The van der Waals surface area contributed by atoms with Gasteiger partial charge in [0.25, 0.3) is 0 Å². The second-order valence-corrected chi connectivity index (χ2v) is 11.1. The molecule has 0 saturated carbocycles. The fourth-order valence-electron chi connectivity index (χ4n) is 3.35. The van der Waals surface area contributed by atoms with Crippen LogP contribution < -0.4 is 0 Å². The van der Waals surface area contributed by atoms with Gasteiger partial charge in [0.2, 0.25) is 10.0 Å². The van der Waals surface area contributed by atoms with Crippen LogP contribution in [0.25, 0.3) is 0 Å². The average molecular weight is 423 g/mol. The van der Waals surface area contributed by atoms with Gasteiger partial charge in [0, 0.05) is 39.0 Å². The lowest BCUT2D eigenvalue weighted by atomic mass is 10.1. The lowest BCUT2D eigenvalue weighted by Crippen LogP contribution is -2.49. The molecular formula is C20H26N2O4S2. The summed E-state index contributed by atoms with van der Waals surface area (Å²) in [6, 6.07) is 14.5. The van der Waals surface area contributed by atoms with Gasteiger partial charge in [-0.25, -0.2) is 16.8 Å². The molecule has 2 aromatic carbocycles. The second kappa shape index (κ2) is 8.32. The summed E-state index contributed by atoms with van der Waals surface area (Å²) in [7, 11) is -7.19. The van der Waals surface area contributed by atoms with E-state index in [2.05, 4.69) is 17.0 Å². The van der Waals surface area contributed by atoms with Crippen LogP contribution in [0.15, 0.2) is 58.3 Å². The molecule has 1 heterocycles. The normalized spacial score (nSPS) is 16.9. The SMILES string of the molecule is Cc1ccc(S(C)(=O)=O)cc1S(=O)(=O)N1CCN(CCc2ccccc2)CC1. The summed E-state index contributed by atoms with van der Waals surface area (Å²) in [5, 5.41) is 0. The number of sulfone groups is 1. The van der Waals surface area contributed by atoms with Gasteiger partial charge < -0.3 is 4.90 Å². The lowest BCUT2D eigenvalue weighted by molar-refractivity contribution is 0.190. The summed E-state index contributed by atoms with van der Waals surface area (Å²) in [6.45, 7) is 4.71. The van der Waals surface area contributed by atoms with Gasteiger partial charge >= 0.3 is 0 Å². The number of aryl methyl sites for hydroxylation is 1. The van der Waals surface area contributed by atoms with Gasteiger partial charge in [0.1, 0.15) is 0 Å². The molecule has 0 aliphatic carbocycles. The van der Waals surface area contributed by atoms with Gasteiger partial charge in [-0.05, 0) is 36.6 Å². The molecule has 28 heavy (non-hydrogen) atoms. The molecule has 1 aliphatic rings. The summed E-state index contributed by atoms with van der Waals surface area (Å²) in [6.07, 6.45) is 2.02. The minimum atomic E-state index is -3.72. The number of piperazine rings is 1. The van der Waals surface area contributed by atoms with E-state index in [1.54, 1.807) is 13.0 Å². The fraction of sp³-hybridized carbons (Fsp3) is 0.400. The van der Waals surface area contributed by atoms with Gasteiger partial charge in [-0.2, -0.15) is 4.31 Å². The fourth-order valence-corrected chi connectivity index (χ4v) is 5.75. The van der Waals surface area contributed by atoms with Crippen molar-refractivity contribution in [3.63, 3.8) is 0 Å². The van der Waals surface area contributed by atoms with Gasteiger partial charge in [-0.15, -0.1) is 0 Å². The highest BCUT2D eigenvalue weighted by Crippen LogP contribution is 2.24. The zero-order chi connectivity index (χ0) is 20.4.